The maximum absolute atomic E-state index is 6.47. The van der Waals surface area contributed by atoms with Gasteiger partial charge >= 0.3 is 0 Å². The monoisotopic (exact) mass is 472 g/mol. The standard InChI is InChI=1S/C31H42N3O/c1-11-30(9)21-17-20(35-29(6,7)8)18-22-25(21)27-26(23(32-22)19-28(3,4)5)33-16-14-13-15-24(33)34(27)31(30,10)12-2/h13-18H,11-12,19H2,1-10H3/q+1. The molecule has 2 atom stereocenters. The van der Waals surface area contributed by atoms with Crippen molar-refractivity contribution >= 4 is 27.6 Å². The quantitative estimate of drug-likeness (QED) is 0.288. The van der Waals surface area contributed by atoms with Crippen LogP contribution in [0.5, 0.6) is 5.75 Å². The first-order valence-corrected chi connectivity index (χ1v) is 13.3. The lowest BCUT2D eigenvalue weighted by molar-refractivity contribution is -0.728. The van der Waals surface area contributed by atoms with Gasteiger partial charge in [0.2, 0.25) is 5.52 Å². The summed E-state index contributed by atoms with van der Waals surface area (Å²) in [7, 11) is 0. The number of hydrogen-bond donors (Lipinski definition) is 0. The molecule has 4 heteroatoms. The molecule has 4 aromatic rings. The minimum atomic E-state index is -0.269. The first-order valence-electron chi connectivity index (χ1n) is 13.3. The van der Waals surface area contributed by atoms with Crippen LogP contribution in [-0.2, 0) is 17.4 Å². The van der Waals surface area contributed by atoms with E-state index in [9.17, 15) is 0 Å². The Kier molecular flexibility index (Phi) is 5.12. The number of benzene rings is 1. The number of imidazole rings is 1. The van der Waals surface area contributed by atoms with E-state index >= 15 is 0 Å². The molecule has 0 radical (unpaired) electrons. The van der Waals surface area contributed by atoms with E-state index in [1.165, 1.54) is 27.6 Å². The number of fused-ring (bicyclic) bond motifs is 3. The molecule has 35 heavy (non-hydrogen) atoms. The molecule has 0 saturated heterocycles. The molecule has 5 rings (SSSR count). The molecule has 0 N–H and O–H groups in total. The molecule has 4 nitrogen and oxygen atoms in total. The van der Waals surface area contributed by atoms with Gasteiger partial charge in [0.1, 0.15) is 16.9 Å². The fourth-order valence-corrected chi connectivity index (χ4v) is 6.41. The molecule has 186 valence electrons. The lowest BCUT2D eigenvalue weighted by atomic mass is 9.61. The molecule has 0 aliphatic carbocycles. The number of pyridine rings is 2. The summed E-state index contributed by atoms with van der Waals surface area (Å²) in [5.41, 5.74) is 7.09. The normalized spacial score (nSPS) is 22.6. The molecule has 0 fully saturated rings. The van der Waals surface area contributed by atoms with E-state index < -0.39 is 0 Å². The molecule has 4 heterocycles. The first kappa shape index (κ1) is 24.1. The number of rotatable bonds is 4. The third-order valence-electron chi connectivity index (χ3n) is 8.41. The van der Waals surface area contributed by atoms with Gasteiger partial charge in [0.05, 0.1) is 22.8 Å². The average molecular weight is 473 g/mol. The van der Waals surface area contributed by atoms with E-state index in [1.807, 2.05) is 0 Å². The molecular weight excluding hydrogens is 430 g/mol. The van der Waals surface area contributed by atoms with Gasteiger partial charge in [-0.25, -0.2) is 9.55 Å². The lowest BCUT2D eigenvalue weighted by Gasteiger charge is -2.47. The molecule has 1 aliphatic heterocycles. The summed E-state index contributed by atoms with van der Waals surface area (Å²) in [6, 6.07) is 11.1. The second-order valence-electron chi connectivity index (χ2n) is 13.1. The highest BCUT2D eigenvalue weighted by molar-refractivity contribution is 6.06. The van der Waals surface area contributed by atoms with Crippen molar-refractivity contribution in [3.8, 4) is 5.75 Å². The molecule has 2 unspecified atom stereocenters. The van der Waals surface area contributed by atoms with Crippen molar-refractivity contribution in [2.24, 2.45) is 5.41 Å². The van der Waals surface area contributed by atoms with E-state index in [0.29, 0.717) is 0 Å². The fourth-order valence-electron chi connectivity index (χ4n) is 6.41. The van der Waals surface area contributed by atoms with Crippen LogP contribution < -0.4 is 9.30 Å². The van der Waals surface area contributed by atoms with Crippen LogP contribution in [0.3, 0.4) is 0 Å². The van der Waals surface area contributed by atoms with Crippen molar-refractivity contribution in [1.29, 1.82) is 0 Å². The molecule has 3 aromatic heterocycles. The molecule has 1 aromatic carbocycles. The summed E-state index contributed by atoms with van der Waals surface area (Å²) >= 11 is 0. The second kappa shape index (κ2) is 7.44. The molecule has 1 aliphatic rings. The molecule has 0 spiro atoms. The summed E-state index contributed by atoms with van der Waals surface area (Å²) in [5.74, 6) is 0.920. The molecular formula is C31H42N3O+. The van der Waals surface area contributed by atoms with Gasteiger partial charge in [-0.1, -0.05) is 47.6 Å². The van der Waals surface area contributed by atoms with Gasteiger partial charge in [0, 0.05) is 17.5 Å². The van der Waals surface area contributed by atoms with Gasteiger partial charge in [-0.05, 0) is 70.1 Å². The van der Waals surface area contributed by atoms with Crippen molar-refractivity contribution in [3.05, 3.63) is 47.8 Å². The smallest absolute Gasteiger partial charge is 0.287 e. The zero-order valence-electron chi connectivity index (χ0n) is 23.3. The van der Waals surface area contributed by atoms with E-state index in [-0.39, 0.29) is 22.0 Å². The first-order chi connectivity index (χ1) is 16.2. The van der Waals surface area contributed by atoms with Gasteiger partial charge in [0.25, 0.3) is 5.65 Å². The van der Waals surface area contributed by atoms with Crippen LogP contribution in [0.15, 0.2) is 36.5 Å². The Morgan fingerprint density at radius 3 is 2.31 bits per heavy atom. The fraction of sp³-hybridized carbons (Fsp3) is 0.548. The van der Waals surface area contributed by atoms with E-state index in [2.05, 4.69) is 115 Å². The van der Waals surface area contributed by atoms with E-state index in [0.717, 1.165) is 36.2 Å². The highest BCUT2D eigenvalue weighted by Gasteiger charge is 2.55. The van der Waals surface area contributed by atoms with E-state index in [1.54, 1.807) is 0 Å². The average Bonchev–Trinajstić information content (AvgIpc) is 3.11. The third-order valence-corrected chi connectivity index (χ3v) is 8.41. The largest absolute Gasteiger partial charge is 0.488 e. The van der Waals surface area contributed by atoms with Crippen molar-refractivity contribution in [1.82, 2.24) is 9.38 Å². The van der Waals surface area contributed by atoms with Gasteiger partial charge in [-0.2, -0.15) is 4.40 Å². The van der Waals surface area contributed by atoms with Crippen molar-refractivity contribution < 1.29 is 9.30 Å². The van der Waals surface area contributed by atoms with E-state index in [4.69, 9.17) is 9.72 Å². The van der Waals surface area contributed by atoms with Crippen LogP contribution >= 0.6 is 0 Å². The van der Waals surface area contributed by atoms with Crippen LogP contribution in [0.4, 0.5) is 0 Å². The summed E-state index contributed by atoms with van der Waals surface area (Å²) < 4.78 is 11.5. The number of aromatic nitrogens is 3. The molecule has 0 amide bonds. The van der Waals surface area contributed by atoms with Crippen molar-refractivity contribution in [2.45, 2.75) is 105 Å². The van der Waals surface area contributed by atoms with Crippen molar-refractivity contribution in [2.75, 3.05) is 0 Å². The SMILES string of the molecule is CCC1(C)c2cc(OC(C)(C)C)cc3nc(CC(C)(C)C)c4c(c23)[n+](c2ccccn42)C1(C)CC. The van der Waals surface area contributed by atoms with Gasteiger partial charge in [-0.3, -0.25) is 0 Å². The highest BCUT2D eigenvalue weighted by atomic mass is 16.5. The van der Waals surface area contributed by atoms with Crippen LogP contribution in [0.1, 0.15) is 93.3 Å². The summed E-state index contributed by atoms with van der Waals surface area (Å²) in [6.45, 7) is 22.8. The number of nitrogens with zero attached hydrogens (tertiary/aromatic N) is 3. The van der Waals surface area contributed by atoms with Crippen LogP contribution in [0.2, 0.25) is 0 Å². The zero-order valence-corrected chi connectivity index (χ0v) is 23.3. The molecule has 0 saturated carbocycles. The lowest BCUT2D eigenvalue weighted by Crippen LogP contribution is -2.66. The van der Waals surface area contributed by atoms with Crippen molar-refractivity contribution in [3.63, 3.8) is 0 Å². The predicted molar refractivity (Wildman–Crippen MR) is 146 cm³/mol. The summed E-state index contributed by atoms with van der Waals surface area (Å²) in [4.78, 5) is 5.40. The maximum Gasteiger partial charge on any atom is 0.287 e. The minimum absolute atomic E-state index is 0.0766. The van der Waals surface area contributed by atoms with Gasteiger partial charge in [-0.15, -0.1) is 0 Å². The Morgan fingerprint density at radius 1 is 1.00 bits per heavy atom. The Balaban J connectivity index is 2.06. The predicted octanol–water partition coefficient (Wildman–Crippen LogP) is 7.50. The number of hydrogen-bond acceptors (Lipinski definition) is 2. The Morgan fingerprint density at radius 2 is 1.71 bits per heavy atom. The topological polar surface area (TPSA) is 30.4 Å². The van der Waals surface area contributed by atoms with Crippen LogP contribution in [0.25, 0.3) is 27.6 Å². The van der Waals surface area contributed by atoms with Crippen LogP contribution in [-0.4, -0.2) is 15.0 Å². The van der Waals surface area contributed by atoms with Gasteiger partial charge in [0.15, 0.2) is 5.52 Å². The van der Waals surface area contributed by atoms with Gasteiger partial charge < -0.3 is 4.74 Å². The Labute approximate surface area is 210 Å². The third kappa shape index (κ3) is 3.39. The van der Waals surface area contributed by atoms with Crippen LogP contribution in [0, 0.1) is 5.41 Å². The summed E-state index contributed by atoms with van der Waals surface area (Å²) in [6.07, 6.45) is 5.20. The highest BCUT2D eigenvalue weighted by Crippen LogP contribution is 2.51. The molecule has 0 bridgehead atoms. The second-order valence-corrected chi connectivity index (χ2v) is 13.1. The zero-order chi connectivity index (χ0) is 25.6. The number of ether oxygens (including phenoxy) is 1. The Hall–Kier alpha value is -2.62. The Bertz CT molecular complexity index is 1470. The minimum Gasteiger partial charge on any atom is -0.488 e. The summed E-state index contributed by atoms with van der Waals surface area (Å²) in [5, 5.41) is 1.29. The maximum atomic E-state index is 6.47.